The van der Waals surface area contributed by atoms with Gasteiger partial charge in [-0.1, -0.05) is 20.8 Å². The SMILES string of the molecule is CC(C)(C)[C@@H](CNC(=O)O)Nc1nc(Cl)ncc1Br. The van der Waals surface area contributed by atoms with Crippen molar-refractivity contribution in [3.63, 3.8) is 0 Å². The average Bonchev–Trinajstić information content (AvgIpc) is 2.26. The Morgan fingerprint density at radius 3 is 2.74 bits per heavy atom. The summed E-state index contributed by atoms with van der Waals surface area (Å²) in [5.74, 6) is 0.534. The van der Waals surface area contributed by atoms with Gasteiger partial charge >= 0.3 is 6.09 Å². The van der Waals surface area contributed by atoms with Crippen LogP contribution in [0.4, 0.5) is 10.6 Å². The normalized spacial score (nSPS) is 12.9. The predicted octanol–water partition coefficient (Wildman–Crippen LogP) is 2.99. The van der Waals surface area contributed by atoms with Gasteiger partial charge in [0, 0.05) is 18.8 Å². The number of nitrogens with zero attached hydrogens (tertiary/aromatic N) is 2. The number of hydrogen-bond donors (Lipinski definition) is 3. The van der Waals surface area contributed by atoms with E-state index in [1.165, 1.54) is 0 Å². The van der Waals surface area contributed by atoms with Crippen molar-refractivity contribution in [3.8, 4) is 0 Å². The van der Waals surface area contributed by atoms with Gasteiger partial charge in [-0.3, -0.25) is 0 Å². The molecule has 1 atom stereocenters. The molecule has 0 bridgehead atoms. The van der Waals surface area contributed by atoms with Crippen LogP contribution in [0.5, 0.6) is 0 Å². The predicted molar refractivity (Wildman–Crippen MR) is 77.6 cm³/mol. The van der Waals surface area contributed by atoms with Gasteiger partial charge in [-0.05, 0) is 32.9 Å². The second-order valence-corrected chi connectivity index (χ2v) is 6.28. The summed E-state index contributed by atoms with van der Waals surface area (Å²) in [6, 6.07) is -0.147. The number of carbonyl (C=O) groups is 1. The minimum atomic E-state index is -1.06. The van der Waals surface area contributed by atoms with Gasteiger partial charge in [0.2, 0.25) is 5.28 Å². The summed E-state index contributed by atoms with van der Waals surface area (Å²) in [4.78, 5) is 18.5. The second-order valence-electron chi connectivity index (χ2n) is 5.08. The molecule has 0 fully saturated rings. The molecule has 3 N–H and O–H groups in total. The van der Waals surface area contributed by atoms with E-state index in [1.54, 1.807) is 6.20 Å². The molecule has 1 aromatic rings. The number of rotatable bonds is 4. The van der Waals surface area contributed by atoms with Gasteiger partial charge in [0.05, 0.1) is 4.47 Å². The molecule has 0 radical (unpaired) electrons. The van der Waals surface area contributed by atoms with Gasteiger partial charge in [-0.15, -0.1) is 0 Å². The Kier molecular flexibility index (Phi) is 5.37. The van der Waals surface area contributed by atoms with E-state index in [4.69, 9.17) is 16.7 Å². The van der Waals surface area contributed by atoms with E-state index < -0.39 is 6.09 Å². The minimum absolute atomic E-state index is 0.129. The molecular formula is C11H16BrClN4O2. The highest BCUT2D eigenvalue weighted by molar-refractivity contribution is 9.10. The van der Waals surface area contributed by atoms with Crippen molar-refractivity contribution in [1.82, 2.24) is 15.3 Å². The van der Waals surface area contributed by atoms with Gasteiger partial charge < -0.3 is 15.7 Å². The van der Waals surface area contributed by atoms with Crippen LogP contribution in [0.25, 0.3) is 0 Å². The van der Waals surface area contributed by atoms with E-state index >= 15 is 0 Å². The zero-order valence-electron chi connectivity index (χ0n) is 10.9. The van der Waals surface area contributed by atoms with Gasteiger partial charge in [0.15, 0.2) is 0 Å². The number of amides is 1. The molecular weight excluding hydrogens is 336 g/mol. The molecule has 19 heavy (non-hydrogen) atoms. The van der Waals surface area contributed by atoms with E-state index in [2.05, 4.69) is 36.5 Å². The number of anilines is 1. The van der Waals surface area contributed by atoms with E-state index in [0.29, 0.717) is 10.3 Å². The van der Waals surface area contributed by atoms with Crippen molar-refractivity contribution in [2.75, 3.05) is 11.9 Å². The maximum Gasteiger partial charge on any atom is 0.404 e. The number of hydrogen-bond acceptors (Lipinski definition) is 4. The Morgan fingerprint density at radius 2 is 2.21 bits per heavy atom. The Bertz CT molecular complexity index is 464. The van der Waals surface area contributed by atoms with Crippen LogP contribution in [0, 0.1) is 5.41 Å². The lowest BCUT2D eigenvalue weighted by atomic mass is 9.86. The molecule has 1 heterocycles. The molecule has 1 aromatic heterocycles. The third-order valence-electron chi connectivity index (χ3n) is 2.53. The fourth-order valence-corrected chi connectivity index (χ4v) is 1.81. The van der Waals surface area contributed by atoms with Gasteiger partial charge in [0.25, 0.3) is 0 Å². The van der Waals surface area contributed by atoms with Crippen LogP contribution in [-0.2, 0) is 0 Å². The van der Waals surface area contributed by atoms with Gasteiger partial charge in [-0.2, -0.15) is 4.98 Å². The molecule has 0 aliphatic carbocycles. The van der Waals surface area contributed by atoms with Crippen molar-refractivity contribution in [2.45, 2.75) is 26.8 Å². The first kappa shape index (κ1) is 16.0. The Hall–Kier alpha value is -1.08. The fourth-order valence-electron chi connectivity index (χ4n) is 1.37. The average molecular weight is 352 g/mol. The van der Waals surface area contributed by atoms with E-state index in [0.717, 1.165) is 0 Å². The molecule has 0 saturated carbocycles. The topological polar surface area (TPSA) is 87.1 Å². The van der Waals surface area contributed by atoms with Crippen molar-refractivity contribution in [3.05, 3.63) is 16.0 Å². The first-order valence-corrected chi connectivity index (χ1v) is 6.78. The molecule has 0 aromatic carbocycles. The molecule has 6 nitrogen and oxygen atoms in total. The maximum absolute atomic E-state index is 10.6. The maximum atomic E-state index is 10.6. The Balaban J connectivity index is 2.88. The van der Waals surface area contributed by atoms with Crippen molar-refractivity contribution < 1.29 is 9.90 Å². The lowest BCUT2D eigenvalue weighted by molar-refractivity contribution is 0.191. The Morgan fingerprint density at radius 1 is 1.58 bits per heavy atom. The lowest BCUT2D eigenvalue weighted by Gasteiger charge is -2.32. The molecule has 1 rings (SSSR count). The smallest absolute Gasteiger partial charge is 0.404 e. The lowest BCUT2D eigenvalue weighted by Crippen LogP contribution is -2.44. The molecule has 0 unspecified atom stereocenters. The summed E-state index contributed by atoms with van der Waals surface area (Å²) in [7, 11) is 0. The van der Waals surface area contributed by atoms with Crippen LogP contribution in [-0.4, -0.2) is 33.8 Å². The zero-order chi connectivity index (χ0) is 14.6. The largest absolute Gasteiger partial charge is 0.465 e. The van der Waals surface area contributed by atoms with Crippen LogP contribution in [0.2, 0.25) is 5.28 Å². The number of halogens is 2. The minimum Gasteiger partial charge on any atom is -0.465 e. The highest BCUT2D eigenvalue weighted by Gasteiger charge is 2.26. The summed E-state index contributed by atoms with van der Waals surface area (Å²) in [6.07, 6.45) is 0.484. The molecule has 0 aliphatic rings. The molecule has 8 heteroatoms. The third-order valence-corrected chi connectivity index (χ3v) is 3.29. The monoisotopic (exact) mass is 350 g/mol. The molecule has 1 amide bonds. The Labute approximate surface area is 125 Å². The summed E-state index contributed by atoms with van der Waals surface area (Å²) < 4.78 is 0.668. The summed E-state index contributed by atoms with van der Waals surface area (Å²) in [5, 5.41) is 14.4. The standard InChI is InChI=1S/C11H16BrClN4O2/c1-11(2,3)7(5-15-10(18)19)16-8-6(12)4-14-9(13)17-8/h4,7,15H,5H2,1-3H3,(H,18,19)(H,14,16,17)/t7-/m1/s1. The fraction of sp³-hybridized carbons (Fsp3) is 0.545. The zero-order valence-corrected chi connectivity index (χ0v) is 13.2. The third kappa shape index (κ3) is 5.20. The van der Waals surface area contributed by atoms with E-state index in [-0.39, 0.29) is 23.3 Å². The molecule has 0 spiro atoms. The highest BCUT2D eigenvalue weighted by Crippen LogP contribution is 2.26. The molecule has 0 aliphatic heterocycles. The van der Waals surface area contributed by atoms with Crippen LogP contribution in [0.3, 0.4) is 0 Å². The van der Waals surface area contributed by atoms with Crippen LogP contribution in [0.15, 0.2) is 10.7 Å². The van der Waals surface area contributed by atoms with Crippen molar-refractivity contribution in [1.29, 1.82) is 0 Å². The summed E-state index contributed by atoms with van der Waals surface area (Å²) in [5.41, 5.74) is -0.167. The van der Waals surface area contributed by atoms with Crippen LogP contribution < -0.4 is 10.6 Å². The summed E-state index contributed by atoms with van der Waals surface area (Å²) in [6.45, 7) is 6.27. The van der Waals surface area contributed by atoms with Crippen LogP contribution in [0.1, 0.15) is 20.8 Å². The van der Waals surface area contributed by atoms with Gasteiger partial charge in [0.1, 0.15) is 5.82 Å². The second kappa shape index (κ2) is 6.38. The quantitative estimate of drug-likeness (QED) is 0.726. The van der Waals surface area contributed by atoms with E-state index in [9.17, 15) is 4.79 Å². The van der Waals surface area contributed by atoms with Gasteiger partial charge in [-0.25, -0.2) is 9.78 Å². The van der Waals surface area contributed by atoms with Crippen LogP contribution >= 0.6 is 27.5 Å². The number of aromatic nitrogens is 2. The van der Waals surface area contributed by atoms with Crippen molar-refractivity contribution in [2.24, 2.45) is 5.41 Å². The van der Waals surface area contributed by atoms with Crippen molar-refractivity contribution >= 4 is 39.4 Å². The first-order chi connectivity index (χ1) is 8.70. The first-order valence-electron chi connectivity index (χ1n) is 5.61. The number of carboxylic acid groups (broad SMARTS) is 1. The highest BCUT2D eigenvalue weighted by atomic mass is 79.9. The summed E-state index contributed by atoms with van der Waals surface area (Å²) >= 11 is 9.07. The molecule has 0 saturated heterocycles. The molecule has 106 valence electrons. The van der Waals surface area contributed by atoms with E-state index in [1.807, 2.05) is 20.8 Å². The number of nitrogens with one attached hydrogen (secondary N) is 2.